The van der Waals surface area contributed by atoms with Gasteiger partial charge in [0.15, 0.2) is 0 Å². The van der Waals surface area contributed by atoms with Crippen LogP contribution in [0.25, 0.3) is 0 Å². The van der Waals surface area contributed by atoms with Crippen LogP contribution in [-0.4, -0.2) is 28.4 Å². The maximum Gasteiger partial charge on any atom is 0.0810 e. The second kappa shape index (κ2) is 6.09. The summed E-state index contributed by atoms with van der Waals surface area (Å²) in [5, 5.41) is 0. The van der Waals surface area contributed by atoms with E-state index < -0.39 is 10.8 Å². The van der Waals surface area contributed by atoms with Crippen molar-refractivity contribution in [3.05, 3.63) is 10.6 Å². The summed E-state index contributed by atoms with van der Waals surface area (Å²) in [6.07, 6.45) is 2.72. The number of rotatable bonds is 4. The quantitative estimate of drug-likeness (QED) is 0.696. The van der Waals surface area contributed by atoms with Crippen molar-refractivity contribution in [1.82, 2.24) is 0 Å². The third-order valence-corrected chi connectivity index (χ3v) is 3.83. The van der Waals surface area contributed by atoms with E-state index in [1.807, 2.05) is 20.1 Å². The average Bonchev–Trinajstić information content (AvgIpc) is 2.57. The van der Waals surface area contributed by atoms with Gasteiger partial charge >= 0.3 is 0 Å². The van der Waals surface area contributed by atoms with E-state index in [0.29, 0.717) is 11.7 Å². The second-order valence-corrected chi connectivity index (χ2v) is 5.66. The van der Waals surface area contributed by atoms with Crippen molar-refractivity contribution < 1.29 is 4.21 Å². The van der Waals surface area contributed by atoms with Crippen LogP contribution in [0.15, 0.2) is 20.6 Å². The standard InChI is InChI=1S/C12H20N2OS/c1-5-13-10(4)12-11(6-7-16(12)15)14-8-9(2)3/h8-9H,5-7H2,1-4H3. The van der Waals surface area contributed by atoms with Gasteiger partial charge in [-0.3, -0.25) is 14.2 Å². The van der Waals surface area contributed by atoms with Crippen LogP contribution in [0.3, 0.4) is 0 Å². The first-order valence-corrected chi connectivity index (χ1v) is 7.05. The summed E-state index contributed by atoms with van der Waals surface area (Å²) >= 11 is 0. The minimum absolute atomic E-state index is 0.422. The third kappa shape index (κ3) is 3.37. The zero-order chi connectivity index (χ0) is 12.1. The molecule has 0 saturated heterocycles. The van der Waals surface area contributed by atoms with Crippen molar-refractivity contribution in [3.63, 3.8) is 0 Å². The molecule has 0 saturated carbocycles. The van der Waals surface area contributed by atoms with Gasteiger partial charge < -0.3 is 0 Å². The SMILES string of the molecule is CCN=C(C)C1=C(N=CC(C)C)CCS1=O. The molecule has 1 rings (SSSR count). The Labute approximate surface area is 100 Å². The summed E-state index contributed by atoms with van der Waals surface area (Å²) in [6.45, 7) is 8.81. The maximum absolute atomic E-state index is 11.8. The lowest BCUT2D eigenvalue weighted by atomic mass is 10.2. The Morgan fingerprint density at radius 3 is 2.81 bits per heavy atom. The summed E-state index contributed by atoms with van der Waals surface area (Å²) in [6, 6.07) is 0. The van der Waals surface area contributed by atoms with Crippen molar-refractivity contribution in [2.75, 3.05) is 12.3 Å². The molecule has 0 radical (unpaired) electrons. The molecule has 16 heavy (non-hydrogen) atoms. The van der Waals surface area contributed by atoms with Crippen LogP contribution in [0.5, 0.6) is 0 Å². The molecule has 0 fully saturated rings. The molecule has 1 aliphatic rings. The highest BCUT2D eigenvalue weighted by atomic mass is 32.2. The molecule has 4 heteroatoms. The Balaban J connectivity index is 3.01. The van der Waals surface area contributed by atoms with E-state index in [1.54, 1.807) is 0 Å². The van der Waals surface area contributed by atoms with E-state index >= 15 is 0 Å². The van der Waals surface area contributed by atoms with Gasteiger partial charge in [-0.15, -0.1) is 0 Å². The number of allylic oxidation sites excluding steroid dienone is 2. The van der Waals surface area contributed by atoms with E-state index in [9.17, 15) is 4.21 Å². The van der Waals surface area contributed by atoms with Crippen molar-refractivity contribution in [2.24, 2.45) is 15.9 Å². The molecule has 0 bridgehead atoms. The van der Waals surface area contributed by atoms with Crippen molar-refractivity contribution in [3.8, 4) is 0 Å². The zero-order valence-corrected chi connectivity index (χ0v) is 11.3. The molecular weight excluding hydrogens is 220 g/mol. The molecule has 90 valence electrons. The van der Waals surface area contributed by atoms with Crippen molar-refractivity contribution in [1.29, 1.82) is 0 Å². The van der Waals surface area contributed by atoms with Crippen LogP contribution < -0.4 is 0 Å². The number of nitrogens with zero attached hydrogens (tertiary/aromatic N) is 2. The van der Waals surface area contributed by atoms with Gasteiger partial charge in [0, 0.05) is 30.6 Å². The summed E-state index contributed by atoms with van der Waals surface area (Å²) in [5.74, 6) is 1.11. The first-order valence-electron chi connectivity index (χ1n) is 5.73. The first kappa shape index (κ1) is 13.3. The fourth-order valence-corrected chi connectivity index (χ4v) is 2.98. The molecule has 1 heterocycles. The Morgan fingerprint density at radius 2 is 2.25 bits per heavy atom. The monoisotopic (exact) mass is 240 g/mol. The van der Waals surface area contributed by atoms with E-state index in [-0.39, 0.29) is 0 Å². The van der Waals surface area contributed by atoms with Gasteiger partial charge in [0.05, 0.1) is 21.4 Å². The third-order valence-electron chi connectivity index (χ3n) is 2.27. The lowest BCUT2D eigenvalue weighted by Crippen LogP contribution is -2.03. The van der Waals surface area contributed by atoms with Gasteiger partial charge in [0.1, 0.15) is 0 Å². The Kier molecular flexibility index (Phi) is 5.06. The van der Waals surface area contributed by atoms with E-state index in [0.717, 1.165) is 29.3 Å². The lowest BCUT2D eigenvalue weighted by Gasteiger charge is -2.02. The molecule has 0 aliphatic carbocycles. The maximum atomic E-state index is 11.8. The molecule has 0 aromatic heterocycles. The van der Waals surface area contributed by atoms with E-state index in [2.05, 4.69) is 23.8 Å². The molecule has 0 aromatic carbocycles. The molecule has 0 N–H and O–H groups in total. The lowest BCUT2D eigenvalue weighted by molar-refractivity contribution is 0.689. The summed E-state index contributed by atoms with van der Waals surface area (Å²) in [7, 11) is -0.902. The number of hydrogen-bond acceptors (Lipinski definition) is 3. The second-order valence-electron chi connectivity index (χ2n) is 4.16. The minimum Gasteiger partial charge on any atom is -0.289 e. The molecule has 3 nitrogen and oxygen atoms in total. The molecule has 0 spiro atoms. The van der Waals surface area contributed by atoms with Gasteiger partial charge in [-0.25, -0.2) is 0 Å². The van der Waals surface area contributed by atoms with Gasteiger partial charge in [0.25, 0.3) is 0 Å². The van der Waals surface area contributed by atoms with Gasteiger partial charge in [-0.05, 0) is 19.8 Å². The normalized spacial score (nSPS) is 22.8. The van der Waals surface area contributed by atoms with Crippen molar-refractivity contribution >= 4 is 22.7 Å². The fourth-order valence-electron chi connectivity index (χ4n) is 1.58. The van der Waals surface area contributed by atoms with Crippen LogP contribution >= 0.6 is 0 Å². The van der Waals surface area contributed by atoms with Crippen LogP contribution in [-0.2, 0) is 10.8 Å². The van der Waals surface area contributed by atoms with Crippen LogP contribution in [0.1, 0.15) is 34.1 Å². The highest BCUT2D eigenvalue weighted by Crippen LogP contribution is 2.24. The Morgan fingerprint density at radius 1 is 1.56 bits per heavy atom. The first-order chi connectivity index (χ1) is 7.56. The number of aliphatic imine (C=N–C) groups is 2. The highest BCUT2D eigenvalue weighted by molar-refractivity contribution is 7.90. The molecule has 1 aliphatic heterocycles. The minimum atomic E-state index is -0.902. The van der Waals surface area contributed by atoms with Crippen LogP contribution in [0, 0.1) is 5.92 Å². The molecule has 0 amide bonds. The van der Waals surface area contributed by atoms with Gasteiger partial charge in [-0.1, -0.05) is 13.8 Å². The summed E-state index contributed by atoms with van der Waals surface area (Å²) in [5.41, 5.74) is 1.84. The Hall–Kier alpha value is -0.770. The largest absolute Gasteiger partial charge is 0.289 e. The van der Waals surface area contributed by atoms with Crippen LogP contribution in [0.2, 0.25) is 0 Å². The topological polar surface area (TPSA) is 41.8 Å². The molecule has 1 atom stereocenters. The Bertz CT molecular complexity index is 367. The molecular formula is C12H20N2OS. The van der Waals surface area contributed by atoms with Gasteiger partial charge in [-0.2, -0.15) is 0 Å². The molecule has 1 unspecified atom stereocenters. The predicted molar refractivity (Wildman–Crippen MR) is 71.6 cm³/mol. The van der Waals surface area contributed by atoms with Gasteiger partial charge in [0.2, 0.25) is 0 Å². The van der Waals surface area contributed by atoms with Crippen molar-refractivity contribution in [2.45, 2.75) is 34.1 Å². The highest BCUT2D eigenvalue weighted by Gasteiger charge is 2.23. The number of hydrogen-bond donors (Lipinski definition) is 0. The van der Waals surface area contributed by atoms with Crippen LogP contribution in [0.4, 0.5) is 0 Å². The fraction of sp³-hybridized carbons (Fsp3) is 0.667. The smallest absolute Gasteiger partial charge is 0.0810 e. The average molecular weight is 240 g/mol. The zero-order valence-electron chi connectivity index (χ0n) is 10.5. The summed E-state index contributed by atoms with van der Waals surface area (Å²) in [4.78, 5) is 9.62. The van der Waals surface area contributed by atoms with E-state index in [1.165, 1.54) is 0 Å². The summed E-state index contributed by atoms with van der Waals surface area (Å²) < 4.78 is 11.8. The van der Waals surface area contributed by atoms with E-state index in [4.69, 9.17) is 0 Å². The molecule has 0 aromatic rings. The predicted octanol–water partition coefficient (Wildman–Crippen LogP) is 2.56.